The van der Waals surface area contributed by atoms with Crippen LogP contribution in [0.15, 0.2) is 53.5 Å². The van der Waals surface area contributed by atoms with Crippen molar-refractivity contribution in [2.75, 3.05) is 7.05 Å². The van der Waals surface area contributed by atoms with Crippen LogP contribution in [0.3, 0.4) is 0 Å². The van der Waals surface area contributed by atoms with Gasteiger partial charge in [-0.2, -0.15) is 5.26 Å². The summed E-state index contributed by atoms with van der Waals surface area (Å²) in [4.78, 5) is 4.18. The van der Waals surface area contributed by atoms with E-state index in [0.717, 1.165) is 16.1 Å². The highest BCUT2D eigenvalue weighted by Gasteiger charge is 2.02. The van der Waals surface area contributed by atoms with Crippen molar-refractivity contribution in [3.8, 4) is 6.07 Å². The molecule has 0 aliphatic rings. The zero-order chi connectivity index (χ0) is 15.8. The molecule has 0 aliphatic heterocycles. The van der Waals surface area contributed by atoms with E-state index in [4.69, 9.17) is 16.9 Å². The first-order valence-electron chi connectivity index (χ1n) is 6.90. The number of nitrogens with one attached hydrogen (secondary N) is 2. The topological polar surface area (TPSA) is 60.2 Å². The molecule has 0 aliphatic carbocycles. The van der Waals surface area contributed by atoms with Crippen LogP contribution in [0.5, 0.6) is 0 Å². The molecule has 0 radical (unpaired) electrons. The molecule has 0 saturated heterocycles. The van der Waals surface area contributed by atoms with Crippen molar-refractivity contribution in [1.29, 1.82) is 5.26 Å². The van der Waals surface area contributed by atoms with Crippen LogP contribution in [0.25, 0.3) is 0 Å². The molecule has 112 valence electrons. The van der Waals surface area contributed by atoms with E-state index in [2.05, 4.69) is 21.7 Å². The molecular weight excluding hydrogens is 296 g/mol. The molecule has 2 aromatic carbocycles. The average molecular weight is 313 g/mol. The number of hydrogen-bond donors (Lipinski definition) is 2. The Hall–Kier alpha value is -2.51. The Kier molecular flexibility index (Phi) is 5.81. The van der Waals surface area contributed by atoms with Crippen LogP contribution in [-0.2, 0) is 13.1 Å². The van der Waals surface area contributed by atoms with Crippen LogP contribution in [-0.4, -0.2) is 13.0 Å². The first kappa shape index (κ1) is 15.9. The Balaban J connectivity index is 1.87. The van der Waals surface area contributed by atoms with Gasteiger partial charge in [0.1, 0.15) is 0 Å². The molecule has 0 heterocycles. The van der Waals surface area contributed by atoms with Gasteiger partial charge in [-0.3, -0.25) is 4.99 Å². The second kappa shape index (κ2) is 8.06. The third-order valence-corrected chi connectivity index (χ3v) is 3.54. The molecule has 0 aromatic heterocycles. The maximum absolute atomic E-state index is 8.78. The van der Waals surface area contributed by atoms with Gasteiger partial charge in [-0.1, -0.05) is 41.9 Å². The van der Waals surface area contributed by atoms with Crippen LogP contribution in [0.4, 0.5) is 0 Å². The molecule has 5 heteroatoms. The monoisotopic (exact) mass is 312 g/mol. The van der Waals surface area contributed by atoms with E-state index in [0.29, 0.717) is 24.6 Å². The summed E-state index contributed by atoms with van der Waals surface area (Å²) < 4.78 is 0. The number of guanidine groups is 1. The van der Waals surface area contributed by atoms with Gasteiger partial charge in [0, 0.05) is 25.2 Å². The Morgan fingerprint density at radius 2 is 1.77 bits per heavy atom. The number of nitriles is 1. The number of hydrogen-bond acceptors (Lipinski definition) is 2. The second-order valence-corrected chi connectivity index (χ2v) is 5.09. The Morgan fingerprint density at radius 1 is 1.09 bits per heavy atom. The molecule has 0 amide bonds. The minimum absolute atomic E-state index is 0.604. The molecule has 4 nitrogen and oxygen atoms in total. The van der Waals surface area contributed by atoms with Gasteiger partial charge in [-0.15, -0.1) is 0 Å². The van der Waals surface area contributed by atoms with E-state index in [1.807, 2.05) is 36.4 Å². The predicted molar refractivity (Wildman–Crippen MR) is 89.6 cm³/mol. The van der Waals surface area contributed by atoms with Gasteiger partial charge >= 0.3 is 0 Å². The second-order valence-electron chi connectivity index (χ2n) is 4.68. The fraction of sp³-hybridized carbons (Fsp3) is 0.176. The maximum atomic E-state index is 8.78. The van der Waals surface area contributed by atoms with Crippen molar-refractivity contribution in [2.45, 2.75) is 13.1 Å². The molecule has 22 heavy (non-hydrogen) atoms. The third kappa shape index (κ3) is 4.51. The summed E-state index contributed by atoms with van der Waals surface area (Å²) in [5, 5.41) is 16.0. The van der Waals surface area contributed by atoms with Gasteiger partial charge in [0.15, 0.2) is 5.96 Å². The lowest BCUT2D eigenvalue weighted by atomic mass is 10.1. The largest absolute Gasteiger partial charge is 0.352 e. The number of rotatable bonds is 4. The molecule has 0 fully saturated rings. The molecule has 0 unspecified atom stereocenters. The maximum Gasteiger partial charge on any atom is 0.191 e. The molecule has 2 N–H and O–H groups in total. The summed E-state index contributed by atoms with van der Waals surface area (Å²) in [6, 6.07) is 17.3. The zero-order valence-corrected chi connectivity index (χ0v) is 13.1. The smallest absolute Gasteiger partial charge is 0.191 e. The summed E-state index contributed by atoms with van der Waals surface area (Å²) in [6.45, 7) is 1.24. The highest BCUT2D eigenvalue weighted by atomic mass is 35.5. The van der Waals surface area contributed by atoms with Crippen LogP contribution in [0, 0.1) is 11.3 Å². The van der Waals surface area contributed by atoms with Crippen molar-refractivity contribution in [2.24, 2.45) is 4.99 Å². The van der Waals surface area contributed by atoms with Crippen molar-refractivity contribution < 1.29 is 0 Å². The summed E-state index contributed by atoms with van der Waals surface area (Å²) in [5.41, 5.74) is 2.76. The highest BCUT2D eigenvalue weighted by molar-refractivity contribution is 6.31. The fourth-order valence-electron chi connectivity index (χ4n) is 1.92. The fourth-order valence-corrected chi connectivity index (χ4v) is 2.13. The first-order chi connectivity index (χ1) is 10.7. The molecular formula is C17H17ClN4. The number of nitrogens with zero attached hydrogens (tertiary/aromatic N) is 2. The lowest BCUT2D eigenvalue weighted by molar-refractivity contribution is 0.809. The van der Waals surface area contributed by atoms with E-state index in [9.17, 15) is 0 Å². The number of aliphatic imine (C=N–C) groups is 1. The molecule has 0 spiro atoms. The van der Waals surface area contributed by atoms with Crippen LogP contribution in [0.2, 0.25) is 5.02 Å². The Labute approximate surface area is 135 Å². The summed E-state index contributed by atoms with van der Waals surface area (Å²) >= 11 is 6.13. The predicted octanol–water partition coefficient (Wildman–Crippen LogP) is 3.08. The Morgan fingerprint density at radius 3 is 2.41 bits per heavy atom. The molecule has 2 aromatic rings. The van der Waals surface area contributed by atoms with Gasteiger partial charge in [-0.05, 0) is 29.3 Å². The zero-order valence-electron chi connectivity index (χ0n) is 12.3. The average Bonchev–Trinajstić information content (AvgIpc) is 2.57. The van der Waals surface area contributed by atoms with Crippen LogP contribution < -0.4 is 10.6 Å². The van der Waals surface area contributed by atoms with Crippen molar-refractivity contribution >= 4 is 17.6 Å². The van der Waals surface area contributed by atoms with E-state index in [1.54, 1.807) is 19.2 Å². The van der Waals surface area contributed by atoms with E-state index in [-0.39, 0.29) is 0 Å². The molecule has 2 rings (SSSR count). The molecule has 0 bridgehead atoms. The molecule has 0 atom stereocenters. The van der Waals surface area contributed by atoms with Gasteiger partial charge in [-0.25, -0.2) is 0 Å². The van der Waals surface area contributed by atoms with Gasteiger partial charge in [0.05, 0.1) is 11.6 Å². The lowest BCUT2D eigenvalue weighted by Crippen LogP contribution is -2.36. The van der Waals surface area contributed by atoms with Gasteiger partial charge in [0.2, 0.25) is 0 Å². The van der Waals surface area contributed by atoms with Crippen LogP contribution >= 0.6 is 11.6 Å². The van der Waals surface area contributed by atoms with Crippen molar-refractivity contribution in [1.82, 2.24) is 10.6 Å². The summed E-state index contributed by atoms with van der Waals surface area (Å²) in [7, 11) is 1.72. The standard InChI is InChI=1S/C17H17ClN4/c1-20-17(22-12-15-4-2-3-5-16(15)18)21-11-14-8-6-13(10-19)7-9-14/h2-9H,11-12H2,1H3,(H2,20,21,22). The van der Waals surface area contributed by atoms with E-state index in [1.165, 1.54) is 0 Å². The number of halogens is 1. The Bertz CT molecular complexity index is 687. The third-order valence-electron chi connectivity index (χ3n) is 3.17. The summed E-state index contributed by atoms with van der Waals surface area (Å²) in [5.74, 6) is 0.698. The quantitative estimate of drug-likeness (QED) is 0.674. The van der Waals surface area contributed by atoms with Crippen molar-refractivity contribution in [3.63, 3.8) is 0 Å². The first-order valence-corrected chi connectivity index (χ1v) is 7.27. The van der Waals surface area contributed by atoms with Gasteiger partial charge in [0.25, 0.3) is 0 Å². The summed E-state index contributed by atoms with van der Waals surface area (Å²) in [6.07, 6.45) is 0. The van der Waals surface area contributed by atoms with Crippen LogP contribution in [0.1, 0.15) is 16.7 Å². The number of benzene rings is 2. The van der Waals surface area contributed by atoms with E-state index < -0.39 is 0 Å². The van der Waals surface area contributed by atoms with Gasteiger partial charge < -0.3 is 10.6 Å². The molecule has 0 saturated carbocycles. The van der Waals surface area contributed by atoms with Crippen molar-refractivity contribution in [3.05, 3.63) is 70.2 Å². The van der Waals surface area contributed by atoms with E-state index >= 15 is 0 Å². The minimum atomic E-state index is 0.604. The minimum Gasteiger partial charge on any atom is -0.352 e. The highest BCUT2D eigenvalue weighted by Crippen LogP contribution is 2.14. The SMILES string of the molecule is CN=C(NCc1ccc(C#N)cc1)NCc1ccccc1Cl. The normalized spacial score (nSPS) is 10.9. The lowest BCUT2D eigenvalue weighted by Gasteiger charge is -2.12.